The van der Waals surface area contributed by atoms with Crippen molar-refractivity contribution in [3.63, 3.8) is 0 Å². The van der Waals surface area contributed by atoms with E-state index in [4.69, 9.17) is 9.84 Å². The second-order valence-electron chi connectivity index (χ2n) is 6.86. The van der Waals surface area contributed by atoms with Crippen LogP contribution in [0.15, 0.2) is 15.8 Å². The van der Waals surface area contributed by atoms with Crippen LogP contribution < -0.4 is 16.6 Å². The monoisotopic (exact) mass is 370 g/mol. The number of amides is 1. The Labute approximate surface area is 150 Å². The Morgan fingerprint density at radius 2 is 1.96 bits per heavy atom. The maximum atomic E-state index is 11.8. The molecule has 0 aliphatic heterocycles. The number of aromatic amines is 1. The zero-order valence-corrected chi connectivity index (χ0v) is 15.5. The van der Waals surface area contributed by atoms with Gasteiger partial charge in [-0.3, -0.25) is 24.0 Å². The highest BCUT2D eigenvalue weighted by Gasteiger charge is 2.16. The Bertz CT molecular complexity index is 746. The molecule has 10 heteroatoms. The van der Waals surface area contributed by atoms with Gasteiger partial charge in [-0.15, -0.1) is 0 Å². The van der Waals surface area contributed by atoms with Gasteiger partial charge in [0, 0.05) is 37.9 Å². The Morgan fingerprint density at radius 1 is 1.31 bits per heavy atom. The fraction of sp³-hybridized carbons (Fsp3) is 0.625. The molecule has 10 nitrogen and oxygen atoms in total. The van der Waals surface area contributed by atoms with Crippen molar-refractivity contribution in [2.75, 3.05) is 26.2 Å². The van der Waals surface area contributed by atoms with Crippen LogP contribution in [0, 0.1) is 6.92 Å². The molecule has 0 aliphatic carbocycles. The predicted molar refractivity (Wildman–Crippen MR) is 94.4 cm³/mol. The molecule has 0 radical (unpaired) electrons. The van der Waals surface area contributed by atoms with E-state index in [0.29, 0.717) is 5.56 Å². The fourth-order valence-corrected chi connectivity index (χ4v) is 2.13. The maximum absolute atomic E-state index is 11.8. The molecule has 1 heterocycles. The molecule has 0 aliphatic rings. The number of rotatable bonds is 8. The highest BCUT2D eigenvalue weighted by molar-refractivity contribution is 5.69. The first-order chi connectivity index (χ1) is 12.0. The first kappa shape index (κ1) is 21.4. The van der Waals surface area contributed by atoms with E-state index in [9.17, 15) is 19.2 Å². The number of carbonyl (C=O) groups excluding carboxylic acids is 1. The molecule has 3 N–H and O–H groups in total. The molecule has 1 amide bonds. The first-order valence-corrected chi connectivity index (χ1v) is 8.19. The van der Waals surface area contributed by atoms with Crippen LogP contribution in [0.4, 0.5) is 4.79 Å². The van der Waals surface area contributed by atoms with Gasteiger partial charge in [-0.1, -0.05) is 0 Å². The standard InChI is InChI=1S/C16H26N4O6/c1-11-9-20(14(24)18-13(11)23)8-7-19(10-12(21)22)6-5-17-15(25)26-16(2,3)4/h9H,5-8,10H2,1-4H3,(H,17,25)(H,21,22)(H,18,23,24). The SMILES string of the molecule is Cc1cn(CCN(CCNC(=O)OC(C)(C)C)CC(=O)O)c(=O)[nH]c1=O. The van der Waals surface area contributed by atoms with Crippen LogP contribution in [0.3, 0.4) is 0 Å². The summed E-state index contributed by atoms with van der Waals surface area (Å²) in [5, 5.41) is 11.6. The molecule has 0 spiro atoms. The number of H-pyrrole nitrogens is 1. The number of hydrogen-bond donors (Lipinski definition) is 3. The van der Waals surface area contributed by atoms with Gasteiger partial charge in [0.1, 0.15) is 5.60 Å². The van der Waals surface area contributed by atoms with E-state index >= 15 is 0 Å². The van der Waals surface area contributed by atoms with Crippen molar-refractivity contribution in [1.29, 1.82) is 0 Å². The van der Waals surface area contributed by atoms with Crippen LogP contribution in [-0.4, -0.2) is 63.4 Å². The lowest BCUT2D eigenvalue weighted by Gasteiger charge is -2.22. The smallest absolute Gasteiger partial charge is 0.407 e. The van der Waals surface area contributed by atoms with Gasteiger partial charge in [0.2, 0.25) is 0 Å². The Kier molecular flexibility index (Phi) is 7.56. The summed E-state index contributed by atoms with van der Waals surface area (Å²) in [6, 6.07) is 0. The van der Waals surface area contributed by atoms with Crippen molar-refractivity contribution < 1.29 is 19.4 Å². The van der Waals surface area contributed by atoms with Crippen LogP contribution in [0.25, 0.3) is 0 Å². The highest BCUT2D eigenvalue weighted by Crippen LogP contribution is 2.06. The van der Waals surface area contributed by atoms with E-state index in [1.165, 1.54) is 10.8 Å². The van der Waals surface area contributed by atoms with E-state index in [1.807, 2.05) is 0 Å². The van der Waals surface area contributed by atoms with Gasteiger partial charge in [0.05, 0.1) is 6.54 Å². The average Bonchev–Trinajstić information content (AvgIpc) is 2.46. The number of carboxylic acid groups (broad SMARTS) is 1. The zero-order chi connectivity index (χ0) is 19.9. The van der Waals surface area contributed by atoms with Crippen LogP contribution in [-0.2, 0) is 16.1 Å². The van der Waals surface area contributed by atoms with Gasteiger partial charge in [-0.2, -0.15) is 0 Å². The number of hydrogen-bond acceptors (Lipinski definition) is 6. The third-order valence-electron chi connectivity index (χ3n) is 3.30. The minimum absolute atomic E-state index is 0.196. The summed E-state index contributed by atoms with van der Waals surface area (Å²) in [5.41, 5.74) is -1.23. The van der Waals surface area contributed by atoms with Gasteiger partial charge in [0.25, 0.3) is 5.56 Å². The molecule has 0 atom stereocenters. The van der Waals surface area contributed by atoms with Crippen LogP contribution in [0.5, 0.6) is 0 Å². The topological polar surface area (TPSA) is 134 Å². The van der Waals surface area contributed by atoms with Gasteiger partial charge in [-0.25, -0.2) is 9.59 Å². The largest absolute Gasteiger partial charge is 0.480 e. The zero-order valence-electron chi connectivity index (χ0n) is 15.5. The molecule has 146 valence electrons. The molecule has 0 fully saturated rings. The van der Waals surface area contributed by atoms with Gasteiger partial charge in [-0.05, 0) is 27.7 Å². The number of alkyl carbamates (subject to hydrolysis) is 1. The van der Waals surface area contributed by atoms with E-state index < -0.39 is 28.9 Å². The number of aliphatic carboxylic acids is 1. The molecule has 1 aromatic rings. The number of ether oxygens (including phenoxy) is 1. The lowest BCUT2D eigenvalue weighted by molar-refractivity contribution is -0.138. The third-order valence-corrected chi connectivity index (χ3v) is 3.30. The summed E-state index contributed by atoms with van der Waals surface area (Å²) >= 11 is 0. The number of nitrogens with zero attached hydrogens (tertiary/aromatic N) is 2. The van der Waals surface area contributed by atoms with E-state index in [0.717, 1.165) is 0 Å². The number of carbonyl (C=O) groups is 2. The number of carboxylic acids is 1. The fourth-order valence-electron chi connectivity index (χ4n) is 2.13. The van der Waals surface area contributed by atoms with Crippen molar-refractivity contribution in [3.8, 4) is 0 Å². The first-order valence-electron chi connectivity index (χ1n) is 8.19. The highest BCUT2D eigenvalue weighted by atomic mass is 16.6. The summed E-state index contributed by atoms with van der Waals surface area (Å²) in [6.07, 6.45) is 0.847. The van der Waals surface area contributed by atoms with Crippen molar-refractivity contribution in [1.82, 2.24) is 19.8 Å². The van der Waals surface area contributed by atoms with Crippen LogP contribution >= 0.6 is 0 Å². The van der Waals surface area contributed by atoms with Crippen molar-refractivity contribution in [2.24, 2.45) is 0 Å². The van der Waals surface area contributed by atoms with Crippen molar-refractivity contribution in [3.05, 3.63) is 32.6 Å². The van der Waals surface area contributed by atoms with Gasteiger partial charge < -0.3 is 15.2 Å². The van der Waals surface area contributed by atoms with E-state index in [2.05, 4.69) is 10.3 Å². The molecule has 0 unspecified atom stereocenters. The van der Waals surface area contributed by atoms with E-state index in [-0.39, 0.29) is 32.7 Å². The molecular formula is C16H26N4O6. The molecule has 0 saturated heterocycles. The molecular weight excluding hydrogens is 344 g/mol. The maximum Gasteiger partial charge on any atom is 0.407 e. The Balaban J connectivity index is 2.61. The Hall–Kier alpha value is -2.62. The molecule has 1 aromatic heterocycles. The number of nitrogens with one attached hydrogen (secondary N) is 2. The normalized spacial score (nSPS) is 11.4. The average molecular weight is 370 g/mol. The predicted octanol–water partition coefficient (Wildman–Crippen LogP) is -0.244. The Morgan fingerprint density at radius 3 is 2.54 bits per heavy atom. The molecule has 26 heavy (non-hydrogen) atoms. The molecule has 0 aromatic carbocycles. The summed E-state index contributed by atoms with van der Waals surface area (Å²) in [4.78, 5) is 49.5. The van der Waals surface area contributed by atoms with Crippen molar-refractivity contribution in [2.45, 2.75) is 39.8 Å². The lowest BCUT2D eigenvalue weighted by Crippen LogP contribution is -2.42. The third kappa shape index (κ3) is 7.97. The van der Waals surface area contributed by atoms with Crippen LogP contribution in [0.2, 0.25) is 0 Å². The summed E-state index contributed by atoms with van der Waals surface area (Å²) in [7, 11) is 0. The molecule has 1 rings (SSSR count). The second kappa shape index (κ2) is 9.18. The number of aryl methyl sites for hydroxylation is 1. The quantitative estimate of drug-likeness (QED) is 0.575. The number of aromatic nitrogens is 2. The molecule has 0 bridgehead atoms. The minimum Gasteiger partial charge on any atom is -0.480 e. The van der Waals surface area contributed by atoms with Crippen LogP contribution in [0.1, 0.15) is 26.3 Å². The van der Waals surface area contributed by atoms with Crippen molar-refractivity contribution >= 4 is 12.1 Å². The summed E-state index contributed by atoms with van der Waals surface area (Å²) in [6.45, 7) is 7.49. The molecule has 0 saturated carbocycles. The minimum atomic E-state index is -1.02. The summed E-state index contributed by atoms with van der Waals surface area (Å²) in [5.74, 6) is -1.02. The second-order valence-corrected chi connectivity index (χ2v) is 6.86. The van der Waals surface area contributed by atoms with Gasteiger partial charge >= 0.3 is 17.8 Å². The summed E-state index contributed by atoms with van der Waals surface area (Å²) < 4.78 is 6.42. The van der Waals surface area contributed by atoms with E-state index in [1.54, 1.807) is 32.6 Å². The lowest BCUT2D eigenvalue weighted by atomic mass is 10.2. The van der Waals surface area contributed by atoms with Gasteiger partial charge in [0.15, 0.2) is 0 Å².